The van der Waals surface area contributed by atoms with Gasteiger partial charge in [0.1, 0.15) is 0 Å². The number of halogens is 6. The molecule has 14 heavy (non-hydrogen) atoms. The Kier molecular flexibility index (Phi) is 4.18. The molecule has 0 unspecified atom stereocenters. The lowest BCUT2D eigenvalue weighted by atomic mass is 9.86. The first-order valence-electron chi connectivity index (χ1n) is 3.68. The van der Waals surface area contributed by atoms with Crippen molar-refractivity contribution < 1.29 is 26.3 Å². The summed E-state index contributed by atoms with van der Waals surface area (Å²) in [5.41, 5.74) is -3.59. The van der Waals surface area contributed by atoms with Crippen LogP contribution in [0.5, 0.6) is 0 Å². The van der Waals surface area contributed by atoms with Crippen molar-refractivity contribution in [3.63, 3.8) is 0 Å². The van der Waals surface area contributed by atoms with Gasteiger partial charge in [-0.1, -0.05) is 0 Å². The summed E-state index contributed by atoms with van der Waals surface area (Å²) in [6.07, 6.45) is -9.98. The zero-order valence-electron chi connectivity index (χ0n) is 7.59. The third kappa shape index (κ3) is 2.71. The molecule has 0 saturated carbocycles. The van der Waals surface area contributed by atoms with E-state index in [1.54, 1.807) is 0 Å². The molecule has 0 atom stereocenters. The summed E-state index contributed by atoms with van der Waals surface area (Å²) in [5, 5.41) is 0. The Hall–Kier alpha value is -0.0700. The average molecular weight is 240 g/mol. The molecule has 0 bridgehead atoms. The van der Waals surface area contributed by atoms with Crippen molar-refractivity contribution in [2.75, 3.05) is 12.0 Å². The fourth-order valence-electron chi connectivity index (χ4n) is 0.750. The molecule has 0 amide bonds. The standard InChI is InChI=1S/C7H10F6S/c1-5(3-4-14-2,6(8,9)10)7(11,12)13/h3-4H2,1-2H3. The highest BCUT2D eigenvalue weighted by Gasteiger charge is 2.66. The van der Waals surface area contributed by atoms with Gasteiger partial charge in [-0.15, -0.1) is 0 Å². The molecule has 0 spiro atoms. The zero-order chi connectivity index (χ0) is 11.6. The van der Waals surface area contributed by atoms with Gasteiger partial charge < -0.3 is 0 Å². The van der Waals surface area contributed by atoms with E-state index in [-0.39, 0.29) is 12.7 Å². The van der Waals surface area contributed by atoms with E-state index < -0.39 is 24.2 Å². The van der Waals surface area contributed by atoms with Crippen molar-refractivity contribution in [2.45, 2.75) is 25.7 Å². The summed E-state index contributed by atoms with van der Waals surface area (Å²) in [4.78, 5) is 0. The Morgan fingerprint density at radius 1 is 0.929 bits per heavy atom. The number of rotatable bonds is 3. The minimum atomic E-state index is -5.25. The molecule has 86 valence electrons. The zero-order valence-corrected chi connectivity index (χ0v) is 8.41. The van der Waals surface area contributed by atoms with Gasteiger partial charge in [0.05, 0.1) is 0 Å². The van der Waals surface area contributed by atoms with Gasteiger partial charge in [0.15, 0.2) is 5.41 Å². The Morgan fingerprint density at radius 2 is 1.29 bits per heavy atom. The smallest absolute Gasteiger partial charge is 0.170 e. The maximum Gasteiger partial charge on any atom is 0.402 e. The van der Waals surface area contributed by atoms with Gasteiger partial charge in [-0.3, -0.25) is 0 Å². The second-order valence-electron chi connectivity index (χ2n) is 3.07. The van der Waals surface area contributed by atoms with Gasteiger partial charge in [0.2, 0.25) is 0 Å². The number of thioether (sulfide) groups is 1. The second-order valence-corrected chi connectivity index (χ2v) is 4.06. The fourth-order valence-corrected chi connectivity index (χ4v) is 1.36. The summed E-state index contributed by atoms with van der Waals surface area (Å²) in [7, 11) is 0. The molecule has 0 heterocycles. The van der Waals surface area contributed by atoms with E-state index in [0.29, 0.717) is 0 Å². The van der Waals surface area contributed by atoms with Crippen LogP contribution in [0.2, 0.25) is 0 Å². The van der Waals surface area contributed by atoms with Crippen LogP contribution in [0.25, 0.3) is 0 Å². The maximum absolute atomic E-state index is 12.2. The van der Waals surface area contributed by atoms with Crippen LogP contribution in [-0.4, -0.2) is 24.4 Å². The van der Waals surface area contributed by atoms with E-state index in [0.717, 1.165) is 11.8 Å². The Bertz CT molecular complexity index is 168. The monoisotopic (exact) mass is 240 g/mol. The third-order valence-corrected chi connectivity index (χ3v) is 2.67. The van der Waals surface area contributed by atoms with Crippen LogP contribution >= 0.6 is 11.8 Å². The van der Waals surface area contributed by atoms with E-state index in [2.05, 4.69) is 0 Å². The molecule has 0 nitrogen and oxygen atoms in total. The van der Waals surface area contributed by atoms with Gasteiger partial charge in [-0.25, -0.2) is 0 Å². The predicted molar refractivity (Wildman–Crippen MR) is 43.2 cm³/mol. The van der Waals surface area contributed by atoms with Crippen LogP contribution in [-0.2, 0) is 0 Å². The molecule has 0 aromatic carbocycles. The molecule has 0 N–H and O–H groups in total. The number of hydrogen-bond donors (Lipinski definition) is 0. The summed E-state index contributed by atoms with van der Waals surface area (Å²) in [6.45, 7) is 0.198. The summed E-state index contributed by atoms with van der Waals surface area (Å²) in [5.74, 6) is -0.171. The van der Waals surface area contributed by atoms with Gasteiger partial charge in [0, 0.05) is 0 Å². The topological polar surface area (TPSA) is 0 Å². The van der Waals surface area contributed by atoms with Crippen molar-refractivity contribution in [1.29, 1.82) is 0 Å². The highest BCUT2D eigenvalue weighted by Crippen LogP contribution is 2.52. The fraction of sp³-hybridized carbons (Fsp3) is 1.00. The first-order valence-corrected chi connectivity index (χ1v) is 5.08. The normalized spacial score (nSPS) is 14.6. The minimum absolute atomic E-state index is 0.171. The molecule has 0 rings (SSSR count). The Balaban J connectivity index is 4.87. The minimum Gasteiger partial charge on any atom is -0.170 e. The van der Waals surface area contributed by atoms with Crippen LogP contribution in [0.1, 0.15) is 13.3 Å². The van der Waals surface area contributed by atoms with Crippen LogP contribution in [0.15, 0.2) is 0 Å². The van der Waals surface area contributed by atoms with Crippen molar-refractivity contribution in [3.05, 3.63) is 0 Å². The van der Waals surface area contributed by atoms with Crippen LogP contribution in [0.4, 0.5) is 26.3 Å². The maximum atomic E-state index is 12.2. The lowest BCUT2D eigenvalue weighted by Gasteiger charge is -2.33. The average Bonchev–Trinajstić information content (AvgIpc) is 1.95. The molecular formula is C7H10F6S. The van der Waals surface area contributed by atoms with E-state index in [9.17, 15) is 26.3 Å². The van der Waals surface area contributed by atoms with Crippen molar-refractivity contribution in [1.82, 2.24) is 0 Å². The van der Waals surface area contributed by atoms with Crippen molar-refractivity contribution in [2.24, 2.45) is 5.41 Å². The highest BCUT2D eigenvalue weighted by molar-refractivity contribution is 7.98. The number of alkyl halides is 6. The predicted octanol–water partition coefficient (Wildman–Crippen LogP) is 3.87. The lowest BCUT2D eigenvalue weighted by Crippen LogP contribution is -2.48. The summed E-state index contributed by atoms with van der Waals surface area (Å²) < 4.78 is 73.2. The van der Waals surface area contributed by atoms with Gasteiger partial charge in [-0.05, 0) is 25.4 Å². The molecule has 0 aliphatic heterocycles. The molecule has 0 radical (unpaired) electrons. The van der Waals surface area contributed by atoms with Crippen LogP contribution in [0.3, 0.4) is 0 Å². The first-order chi connectivity index (χ1) is 6.06. The third-order valence-electron chi connectivity index (χ3n) is 2.06. The van der Waals surface area contributed by atoms with Crippen LogP contribution < -0.4 is 0 Å². The largest absolute Gasteiger partial charge is 0.402 e. The number of hydrogen-bond acceptors (Lipinski definition) is 1. The van der Waals surface area contributed by atoms with E-state index >= 15 is 0 Å². The summed E-state index contributed by atoms with van der Waals surface area (Å²) in [6, 6.07) is 0. The molecule has 0 fully saturated rings. The summed E-state index contributed by atoms with van der Waals surface area (Å²) >= 11 is 0.961. The second kappa shape index (κ2) is 4.20. The highest BCUT2D eigenvalue weighted by atomic mass is 32.2. The van der Waals surface area contributed by atoms with Gasteiger partial charge in [0.25, 0.3) is 0 Å². The SMILES string of the molecule is CSCCC(C)(C(F)(F)F)C(F)(F)F. The first kappa shape index (κ1) is 13.9. The molecule has 0 aromatic rings. The van der Waals surface area contributed by atoms with Crippen molar-refractivity contribution in [3.8, 4) is 0 Å². The Labute approximate surface area is 82.0 Å². The molecular weight excluding hydrogens is 230 g/mol. The molecule has 0 saturated heterocycles. The van der Waals surface area contributed by atoms with Gasteiger partial charge in [-0.2, -0.15) is 38.1 Å². The van der Waals surface area contributed by atoms with E-state index in [1.165, 1.54) is 6.26 Å². The van der Waals surface area contributed by atoms with Crippen molar-refractivity contribution >= 4 is 11.8 Å². The van der Waals surface area contributed by atoms with E-state index in [4.69, 9.17) is 0 Å². The lowest BCUT2D eigenvalue weighted by molar-refractivity contribution is -0.334. The molecule has 0 aromatic heterocycles. The molecule has 0 aliphatic carbocycles. The van der Waals surface area contributed by atoms with Gasteiger partial charge >= 0.3 is 12.4 Å². The quantitative estimate of drug-likeness (QED) is 0.675. The molecule has 7 heteroatoms. The van der Waals surface area contributed by atoms with Crippen LogP contribution in [0, 0.1) is 5.41 Å². The van der Waals surface area contributed by atoms with E-state index in [1.807, 2.05) is 0 Å². The Morgan fingerprint density at radius 3 is 1.50 bits per heavy atom. The molecule has 0 aliphatic rings.